The number of nitrogens with two attached hydrogens (primary N) is 1. The third-order valence-electron chi connectivity index (χ3n) is 7.23. The van der Waals surface area contributed by atoms with Crippen molar-refractivity contribution >= 4 is 40.1 Å². The summed E-state index contributed by atoms with van der Waals surface area (Å²) in [6.07, 6.45) is -2.24. The summed E-state index contributed by atoms with van der Waals surface area (Å²) in [6, 6.07) is 7.05. The van der Waals surface area contributed by atoms with Crippen LogP contribution in [0.4, 0.5) is 33.5 Å². The predicted molar refractivity (Wildman–Crippen MR) is 174 cm³/mol. The van der Waals surface area contributed by atoms with Gasteiger partial charge in [0.1, 0.15) is 12.4 Å². The monoisotopic (exact) mass is 682 g/mol. The summed E-state index contributed by atoms with van der Waals surface area (Å²) >= 11 is 0. The maximum absolute atomic E-state index is 15.4. The predicted octanol–water partition coefficient (Wildman–Crippen LogP) is 4.11. The Kier molecular flexibility index (Phi) is 10.7. The largest absolute Gasteiger partial charge is 0.405 e. The molecule has 0 atom stereocenters. The van der Waals surface area contributed by atoms with Crippen molar-refractivity contribution in [1.29, 1.82) is 0 Å². The van der Waals surface area contributed by atoms with Crippen LogP contribution in [0.1, 0.15) is 16.1 Å². The number of nitrogens with zero attached hydrogens (tertiary/aromatic N) is 5. The normalized spacial score (nSPS) is 11.2. The molecule has 256 valence electrons. The molecule has 4 rings (SSSR count). The Morgan fingerprint density at radius 1 is 1.04 bits per heavy atom. The van der Waals surface area contributed by atoms with E-state index >= 15 is 4.39 Å². The minimum atomic E-state index is -4.72. The number of rotatable bonds is 9. The van der Waals surface area contributed by atoms with Crippen LogP contribution in [0.5, 0.6) is 0 Å². The van der Waals surface area contributed by atoms with Gasteiger partial charge in [0.15, 0.2) is 17.3 Å². The molecular weight excluding hydrogens is 651 g/mol. The number of likely N-dealkylation sites (N-methyl/N-ethyl adjacent to an activating group) is 2. The van der Waals surface area contributed by atoms with Crippen molar-refractivity contribution in [2.24, 2.45) is 7.05 Å². The molecule has 0 saturated carbocycles. The Labute approximate surface area is 277 Å². The highest BCUT2D eigenvalue weighted by atomic mass is 19.4. The first-order valence-electron chi connectivity index (χ1n) is 14.4. The molecule has 16 heteroatoms. The molecule has 0 aliphatic rings. The van der Waals surface area contributed by atoms with Crippen LogP contribution in [0, 0.1) is 17.7 Å². The highest BCUT2D eigenvalue weighted by Crippen LogP contribution is 2.43. The minimum Gasteiger partial charge on any atom is -0.383 e. The Morgan fingerprint density at radius 3 is 2.31 bits per heavy atom. The molecule has 3 amide bonds. The molecule has 0 aliphatic carbocycles. The second-order valence-electron chi connectivity index (χ2n) is 11.1. The first-order valence-corrected chi connectivity index (χ1v) is 14.4. The summed E-state index contributed by atoms with van der Waals surface area (Å²) in [5.41, 5.74) is 7.65. The van der Waals surface area contributed by atoms with Gasteiger partial charge >= 0.3 is 6.18 Å². The average Bonchev–Trinajstić information content (AvgIpc) is 3.35. The van der Waals surface area contributed by atoms with Crippen LogP contribution in [0.3, 0.4) is 0 Å². The molecule has 0 unspecified atom stereocenters. The molecular formula is C33H31F5N8O3. The highest BCUT2D eigenvalue weighted by molar-refractivity contribution is 6.11. The van der Waals surface area contributed by atoms with E-state index in [2.05, 4.69) is 33.7 Å². The lowest BCUT2D eigenvalue weighted by atomic mass is 9.98. The molecule has 0 bridgehead atoms. The SMILES string of the molecule is C=C(F)C(=O)Nc1ccc(-c2c(-c3cnc(C(=O)NCC(F)(F)F)c(F)c3)c3c(N)ncc(C#CC(=O)N(C)CCN(C)C)c3n2C)cc1. The van der Waals surface area contributed by atoms with Crippen molar-refractivity contribution in [1.82, 2.24) is 29.7 Å². The van der Waals surface area contributed by atoms with Crippen molar-refractivity contribution in [3.63, 3.8) is 0 Å². The molecule has 0 fully saturated rings. The second kappa shape index (κ2) is 14.5. The number of nitrogens with one attached hydrogen (secondary N) is 2. The third kappa shape index (κ3) is 8.37. The zero-order chi connectivity index (χ0) is 36.2. The van der Waals surface area contributed by atoms with Crippen molar-refractivity contribution < 1.29 is 36.3 Å². The van der Waals surface area contributed by atoms with Crippen LogP contribution >= 0.6 is 0 Å². The number of halogens is 5. The molecule has 3 heterocycles. The van der Waals surface area contributed by atoms with E-state index in [0.717, 1.165) is 12.3 Å². The van der Waals surface area contributed by atoms with Crippen LogP contribution in [0.15, 0.2) is 55.1 Å². The topological polar surface area (TPSA) is 138 Å². The first-order chi connectivity index (χ1) is 23.0. The van der Waals surface area contributed by atoms with Crippen LogP contribution < -0.4 is 16.4 Å². The standard InChI is InChI=1S/C33H31F5N8O3/c1-18(34)31(48)43-22-9-6-19(7-10-22)28-25(21-14-23(35)27(40-16-21)32(49)42-17-33(36,37)38)26-29(46(28)5)20(15-41-30(26)39)8-11-24(47)45(4)13-12-44(2)3/h6-7,9-10,14-16H,1,12-13,17H2,2-5H3,(H2,39,41)(H,42,49)(H,43,48). The molecule has 0 radical (unpaired) electrons. The van der Waals surface area contributed by atoms with Gasteiger partial charge in [0.05, 0.1) is 22.2 Å². The van der Waals surface area contributed by atoms with Crippen molar-refractivity contribution in [2.75, 3.05) is 51.8 Å². The Morgan fingerprint density at radius 2 is 1.71 bits per heavy atom. The van der Waals surface area contributed by atoms with Gasteiger partial charge in [-0.1, -0.05) is 24.6 Å². The molecule has 1 aromatic carbocycles. The zero-order valence-corrected chi connectivity index (χ0v) is 26.8. The maximum Gasteiger partial charge on any atom is 0.405 e. The van der Waals surface area contributed by atoms with Gasteiger partial charge in [0.2, 0.25) is 0 Å². The fourth-order valence-electron chi connectivity index (χ4n) is 4.80. The molecule has 4 aromatic rings. The zero-order valence-electron chi connectivity index (χ0n) is 26.8. The number of nitrogen functional groups attached to an aromatic ring is 1. The van der Waals surface area contributed by atoms with E-state index in [0.29, 0.717) is 29.9 Å². The van der Waals surface area contributed by atoms with Crippen LogP contribution in [-0.2, 0) is 16.6 Å². The fourth-order valence-corrected chi connectivity index (χ4v) is 4.80. The lowest BCUT2D eigenvalue weighted by Gasteiger charge is -2.16. The summed E-state index contributed by atoms with van der Waals surface area (Å²) in [7, 11) is 7.00. The van der Waals surface area contributed by atoms with Crippen molar-refractivity contribution in [3.05, 3.63) is 72.2 Å². The molecule has 11 nitrogen and oxygen atoms in total. The number of hydrogen-bond acceptors (Lipinski definition) is 7. The minimum absolute atomic E-state index is 0.00965. The van der Waals surface area contributed by atoms with Gasteiger partial charge in [-0.05, 0) is 37.9 Å². The molecule has 3 aromatic heterocycles. The number of pyridine rings is 2. The number of alkyl halides is 3. The number of fused-ring (bicyclic) bond motifs is 1. The number of hydrogen-bond donors (Lipinski definition) is 3. The van der Waals surface area contributed by atoms with Crippen molar-refractivity contribution in [2.45, 2.75) is 6.18 Å². The van der Waals surface area contributed by atoms with Crippen LogP contribution in [-0.4, -0.2) is 89.0 Å². The van der Waals surface area contributed by atoms with Crippen LogP contribution in [0.25, 0.3) is 33.3 Å². The van der Waals surface area contributed by atoms with Crippen molar-refractivity contribution in [3.8, 4) is 34.2 Å². The number of anilines is 2. The van der Waals surface area contributed by atoms with Gasteiger partial charge in [-0.15, -0.1) is 0 Å². The smallest absolute Gasteiger partial charge is 0.383 e. The first kappa shape index (κ1) is 36.0. The lowest BCUT2D eigenvalue weighted by Crippen LogP contribution is -2.34. The molecule has 0 spiro atoms. The van der Waals surface area contributed by atoms with Gasteiger partial charge < -0.3 is 30.7 Å². The van der Waals surface area contributed by atoms with Gasteiger partial charge in [-0.3, -0.25) is 14.4 Å². The van der Waals surface area contributed by atoms with E-state index in [1.807, 2.05) is 19.0 Å². The van der Waals surface area contributed by atoms with Crippen LogP contribution in [0.2, 0.25) is 0 Å². The van der Waals surface area contributed by atoms with E-state index in [4.69, 9.17) is 5.73 Å². The van der Waals surface area contributed by atoms with Gasteiger partial charge in [-0.2, -0.15) is 13.2 Å². The number of aryl methyl sites for hydroxylation is 1. The van der Waals surface area contributed by atoms with E-state index in [9.17, 15) is 31.9 Å². The number of aromatic nitrogens is 3. The summed E-state index contributed by atoms with van der Waals surface area (Å²) in [4.78, 5) is 48.3. The second-order valence-corrected chi connectivity index (χ2v) is 11.1. The molecule has 49 heavy (non-hydrogen) atoms. The number of benzene rings is 1. The maximum atomic E-state index is 15.4. The van der Waals surface area contributed by atoms with E-state index in [-0.39, 0.29) is 33.6 Å². The van der Waals surface area contributed by atoms with E-state index < -0.39 is 47.8 Å². The van der Waals surface area contributed by atoms with Gasteiger partial charge in [-0.25, -0.2) is 18.7 Å². The summed E-state index contributed by atoms with van der Waals surface area (Å²) in [5.74, 6) is 0.181. The number of amides is 3. The summed E-state index contributed by atoms with van der Waals surface area (Å²) < 4.78 is 68.2. The fraction of sp³-hybridized carbons (Fsp3) is 0.242. The van der Waals surface area contributed by atoms with Gasteiger partial charge in [0.25, 0.3) is 17.7 Å². The lowest BCUT2D eigenvalue weighted by molar-refractivity contribution is -0.124. The number of carbonyl (C=O) groups excluding carboxylic acids is 3. The van der Waals surface area contributed by atoms with E-state index in [1.54, 1.807) is 36.1 Å². The average molecular weight is 683 g/mol. The third-order valence-corrected chi connectivity index (χ3v) is 7.23. The Bertz CT molecular complexity index is 2010. The quantitative estimate of drug-likeness (QED) is 0.137. The van der Waals surface area contributed by atoms with E-state index in [1.165, 1.54) is 23.2 Å². The Hall–Kier alpha value is -5.82. The molecule has 0 saturated heterocycles. The molecule has 4 N–H and O–H groups in total. The summed E-state index contributed by atoms with van der Waals surface area (Å²) in [6.45, 7) is 2.32. The molecule has 0 aliphatic heterocycles. The van der Waals surface area contributed by atoms with Gasteiger partial charge in [0, 0.05) is 62.3 Å². The number of carbonyl (C=O) groups is 3. The summed E-state index contributed by atoms with van der Waals surface area (Å²) in [5, 5.41) is 4.21. The Balaban J connectivity index is 1.90. The highest BCUT2D eigenvalue weighted by Gasteiger charge is 2.29.